The highest BCUT2D eigenvalue weighted by atomic mass is 35.5. The van der Waals surface area contributed by atoms with E-state index in [0.717, 1.165) is 0 Å². The van der Waals surface area contributed by atoms with Crippen LogP contribution in [-0.4, -0.2) is 19.6 Å². The molecule has 2 rings (SSSR count). The van der Waals surface area contributed by atoms with Gasteiger partial charge in [0.25, 0.3) is 0 Å². The van der Waals surface area contributed by atoms with Gasteiger partial charge in [0.05, 0.1) is 10.7 Å². The molecule has 0 aromatic heterocycles. The highest BCUT2D eigenvalue weighted by Gasteiger charge is 2.09. The highest BCUT2D eigenvalue weighted by Crippen LogP contribution is 2.33. The number of hydrogen-bond donors (Lipinski definition) is 1. The van der Waals surface area contributed by atoms with Gasteiger partial charge in [0.1, 0.15) is 12.4 Å². The molecule has 0 spiro atoms. The summed E-state index contributed by atoms with van der Waals surface area (Å²) < 4.78 is 10.5. The average molecular weight is 292 g/mol. The van der Waals surface area contributed by atoms with Crippen LogP contribution in [0, 0.1) is 0 Å². The number of para-hydroxylation sites is 3. The Morgan fingerprint density at radius 3 is 2.45 bits per heavy atom. The Labute approximate surface area is 122 Å². The summed E-state index contributed by atoms with van der Waals surface area (Å²) in [6.45, 7) is -0.0135. The molecule has 0 atom stereocenters. The summed E-state index contributed by atoms with van der Waals surface area (Å²) in [4.78, 5) is 11.6. The number of anilines is 1. The van der Waals surface area contributed by atoms with Gasteiger partial charge in [0, 0.05) is 7.11 Å². The van der Waals surface area contributed by atoms with Crippen LogP contribution >= 0.6 is 11.6 Å². The van der Waals surface area contributed by atoms with Crippen LogP contribution < -0.4 is 10.1 Å². The second-order valence-corrected chi connectivity index (χ2v) is 4.42. The number of rotatable bonds is 5. The fourth-order valence-corrected chi connectivity index (χ4v) is 1.80. The Morgan fingerprint density at radius 1 is 1.10 bits per heavy atom. The van der Waals surface area contributed by atoms with Gasteiger partial charge in [0.2, 0.25) is 5.91 Å². The molecule has 0 heterocycles. The van der Waals surface area contributed by atoms with Gasteiger partial charge in [-0.2, -0.15) is 0 Å². The number of nitrogens with one attached hydrogen (secondary N) is 1. The van der Waals surface area contributed by atoms with Crippen LogP contribution in [0.5, 0.6) is 11.5 Å². The van der Waals surface area contributed by atoms with Crippen molar-refractivity contribution in [3.8, 4) is 11.5 Å². The van der Waals surface area contributed by atoms with Crippen LogP contribution in [0.2, 0.25) is 5.02 Å². The smallest absolute Gasteiger partial charge is 0.250 e. The van der Waals surface area contributed by atoms with Gasteiger partial charge in [-0.15, -0.1) is 0 Å². The molecule has 0 saturated heterocycles. The fraction of sp³-hybridized carbons (Fsp3) is 0.133. The van der Waals surface area contributed by atoms with E-state index in [-0.39, 0.29) is 12.5 Å². The third kappa shape index (κ3) is 3.73. The SMILES string of the molecule is COCC(=O)Nc1ccccc1Oc1ccccc1Cl. The van der Waals surface area contributed by atoms with Crippen LogP contribution in [0.15, 0.2) is 48.5 Å². The maximum absolute atomic E-state index is 11.6. The van der Waals surface area contributed by atoms with Crippen LogP contribution in [0.3, 0.4) is 0 Å². The second-order valence-electron chi connectivity index (χ2n) is 4.01. The lowest BCUT2D eigenvalue weighted by Crippen LogP contribution is -2.17. The lowest BCUT2D eigenvalue weighted by molar-refractivity contribution is -0.119. The van der Waals surface area contributed by atoms with Gasteiger partial charge in [-0.05, 0) is 24.3 Å². The second kappa shape index (κ2) is 6.93. The van der Waals surface area contributed by atoms with Crippen LogP contribution in [0.4, 0.5) is 5.69 Å². The fourth-order valence-electron chi connectivity index (χ4n) is 1.62. The minimum Gasteiger partial charge on any atom is -0.454 e. The van der Waals surface area contributed by atoms with E-state index < -0.39 is 0 Å². The zero-order valence-corrected chi connectivity index (χ0v) is 11.7. The van der Waals surface area contributed by atoms with E-state index in [4.69, 9.17) is 21.1 Å². The van der Waals surface area contributed by atoms with Crippen LogP contribution in [-0.2, 0) is 9.53 Å². The first-order chi connectivity index (χ1) is 9.70. The minimum absolute atomic E-state index is 0.0135. The maximum atomic E-state index is 11.6. The Bertz CT molecular complexity index is 601. The van der Waals surface area contributed by atoms with Crippen molar-refractivity contribution in [1.82, 2.24) is 0 Å². The summed E-state index contributed by atoms with van der Waals surface area (Å²) in [5.74, 6) is 0.801. The molecule has 1 N–H and O–H groups in total. The van der Waals surface area contributed by atoms with E-state index in [9.17, 15) is 4.79 Å². The molecule has 0 aliphatic rings. The normalized spacial score (nSPS) is 10.1. The number of carbonyl (C=O) groups is 1. The van der Waals surface area contributed by atoms with Crippen molar-refractivity contribution in [2.24, 2.45) is 0 Å². The molecule has 2 aromatic rings. The molecule has 2 aromatic carbocycles. The number of hydrogen-bond acceptors (Lipinski definition) is 3. The molecule has 0 radical (unpaired) electrons. The first-order valence-electron chi connectivity index (χ1n) is 6.01. The maximum Gasteiger partial charge on any atom is 0.250 e. The number of halogens is 1. The summed E-state index contributed by atoms with van der Waals surface area (Å²) in [5, 5.41) is 3.22. The van der Waals surface area contributed by atoms with Crippen molar-refractivity contribution in [1.29, 1.82) is 0 Å². The standard InChI is InChI=1S/C15H14ClNO3/c1-19-10-15(18)17-12-7-3-5-9-14(12)20-13-8-4-2-6-11(13)16/h2-9H,10H2,1H3,(H,17,18). The molecule has 0 unspecified atom stereocenters. The first kappa shape index (κ1) is 14.4. The quantitative estimate of drug-likeness (QED) is 0.913. The predicted molar refractivity (Wildman–Crippen MR) is 78.5 cm³/mol. The minimum atomic E-state index is -0.247. The first-order valence-corrected chi connectivity index (χ1v) is 6.38. The van der Waals surface area contributed by atoms with Crippen molar-refractivity contribution < 1.29 is 14.3 Å². The van der Waals surface area contributed by atoms with E-state index in [2.05, 4.69) is 5.32 Å². The molecule has 0 fully saturated rings. The summed E-state index contributed by atoms with van der Waals surface area (Å²) in [7, 11) is 1.46. The van der Waals surface area contributed by atoms with Crippen molar-refractivity contribution in [2.45, 2.75) is 0 Å². The summed E-state index contributed by atoms with van der Waals surface area (Å²) in [6.07, 6.45) is 0. The molecular weight excluding hydrogens is 278 g/mol. The van der Waals surface area contributed by atoms with Crippen LogP contribution in [0.1, 0.15) is 0 Å². The molecule has 104 valence electrons. The molecule has 0 aliphatic carbocycles. The van der Waals surface area contributed by atoms with Gasteiger partial charge in [-0.1, -0.05) is 35.9 Å². The molecule has 1 amide bonds. The van der Waals surface area contributed by atoms with Gasteiger partial charge in [-0.25, -0.2) is 0 Å². The lowest BCUT2D eigenvalue weighted by atomic mass is 10.3. The molecule has 4 nitrogen and oxygen atoms in total. The largest absolute Gasteiger partial charge is 0.454 e. The Kier molecular flexibility index (Phi) is 4.98. The van der Waals surface area contributed by atoms with Crippen molar-refractivity contribution in [3.63, 3.8) is 0 Å². The molecule has 20 heavy (non-hydrogen) atoms. The molecule has 0 aliphatic heterocycles. The molecule has 0 bridgehead atoms. The third-order valence-electron chi connectivity index (χ3n) is 2.49. The van der Waals surface area contributed by atoms with Gasteiger partial charge in [-0.3, -0.25) is 4.79 Å². The van der Waals surface area contributed by atoms with E-state index in [1.165, 1.54) is 7.11 Å². The number of amides is 1. The number of ether oxygens (including phenoxy) is 2. The molecular formula is C15H14ClNO3. The lowest BCUT2D eigenvalue weighted by Gasteiger charge is -2.12. The van der Waals surface area contributed by atoms with E-state index >= 15 is 0 Å². The van der Waals surface area contributed by atoms with E-state index in [1.807, 2.05) is 24.3 Å². The Balaban J connectivity index is 2.20. The third-order valence-corrected chi connectivity index (χ3v) is 2.81. The zero-order chi connectivity index (χ0) is 14.4. The highest BCUT2D eigenvalue weighted by molar-refractivity contribution is 6.32. The Hall–Kier alpha value is -2.04. The summed E-state index contributed by atoms with van der Waals surface area (Å²) >= 11 is 6.05. The predicted octanol–water partition coefficient (Wildman–Crippen LogP) is 3.72. The van der Waals surface area contributed by atoms with Crippen molar-refractivity contribution >= 4 is 23.2 Å². The number of benzene rings is 2. The topological polar surface area (TPSA) is 47.6 Å². The van der Waals surface area contributed by atoms with E-state index in [0.29, 0.717) is 22.2 Å². The number of carbonyl (C=O) groups excluding carboxylic acids is 1. The van der Waals surface area contributed by atoms with Gasteiger partial charge >= 0.3 is 0 Å². The average Bonchev–Trinajstić information content (AvgIpc) is 2.44. The van der Waals surface area contributed by atoms with Gasteiger partial charge in [0.15, 0.2) is 5.75 Å². The molecule has 5 heteroatoms. The summed E-state index contributed by atoms with van der Waals surface area (Å²) in [6, 6.07) is 14.3. The van der Waals surface area contributed by atoms with Gasteiger partial charge < -0.3 is 14.8 Å². The number of methoxy groups -OCH3 is 1. The Morgan fingerprint density at radius 2 is 1.75 bits per heavy atom. The van der Waals surface area contributed by atoms with Crippen LogP contribution in [0.25, 0.3) is 0 Å². The molecule has 0 saturated carbocycles. The van der Waals surface area contributed by atoms with Crippen molar-refractivity contribution in [2.75, 3.05) is 19.0 Å². The van der Waals surface area contributed by atoms with E-state index in [1.54, 1.807) is 24.3 Å². The zero-order valence-electron chi connectivity index (χ0n) is 10.9. The monoisotopic (exact) mass is 291 g/mol. The summed E-state index contributed by atoms with van der Waals surface area (Å²) in [5.41, 5.74) is 0.564. The van der Waals surface area contributed by atoms with Crippen molar-refractivity contribution in [3.05, 3.63) is 53.6 Å².